The van der Waals surface area contributed by atoms with Gasteiger partial charge in [0.05, 0.1) is 11.5 Å². The molecule has 4 nitrogen and oxygen atoms in total. The standard InChI is InChI=1S/C20H33FN2O2/c1-3-17-12-23(5-4-22(17)11-14(2)24)18(25)19-7-15-6-16(8-19)10-20(21,9-15)13-19/h14-17,24H,3-13H2,1-2H3/t14-,15+,16+,17+,19?,20?/m0/s1. The third-order valence-corrected chi connectivity index (χ3v) is 7.31. The zero-order chi connectivity index (χ0) is 17.8. The van der Waals surface area contributed by atoms with Crippen molar-refractivity contribution in [3.63, 3.8) is 0 Å². The molecule has 1 saturated heterocycles. The van der Waals surface area contributed by atoms with Crippen molar-refractivity contribution in [1.82, 2.24) is 9.80 Å². The Morgan fingerprint density at radius 1 is 1.24 bits per heavy atom. The van der Waals surface area contributed by atoms with Crippen LogP contribution in [0.1, 0.15) is 58.8 Å². The maximum Gasteiger partial charge on any atom is 0.229 e. The first kappa shape index (κ1) is 17.7. The average molecular weight is 352 g/mol. The van der Waals surface area contributed by atoms with Crippen LogP contribution in [0.15, 0.2) is 0 Å². The molecule has 4 atom stereocenters. The molecule has 1 heterocycles. The number of halogens is 1. The average Bonchev–Trinajstić information content (AvgIpc) is 2.51. The van der Waals surface area contributed by atoms with Crippen molar-refractivity contribution in [2.24, 2.45) is 17.3 Å². The van der Waals surface area contributed by atoms with E-state index < -0.39 is 11.1 Å². The summed E-state index contributed by atoms with van der Waals surface area (Å²) < 4.78 is 15.2. The van der Waals surface area contributed by atoms with Crippen molar-refractivity contribution in [2.75, 3.05) is 26.2 Å². The number of rotatable bonds is 4. The van der Waals surface area contributed by atoms with E-state index in [-0.39, 0.29) is 12.0 Å². The molecule has 4 bridgehead atoms. The lowest BCUT2D eigenvalue weighted by atomic mass is 9.48. The number of aliphatic hydroxyl groups is 1. The first-order valence-corrected chi connectivity index (χ1v) is 10.2. The van der Waals surface area contributed by atoms with Crippen molar-refractivity contribution in [2.45, 2.75) is 76.6 Å². The van der Waals surface area contributed by atoms with Gasteiger partial charge in [-0.05, 0) is 63.7 Å². The lowest BCUT2D eigenvalue weighted by Gasteiger charge is -2.59. The molecule has 0 aromatic rings. The Morgan fingerprint density at radius 3 is 2.48 bits per heavy atom. The van der Waals surface area contributed by atoms with Crippen LogP contribution in [-0.2, 0) is 4.79 Å². The molecule has 0 aromatic carbocycles. The van der Waals surface area contributed by atoms with Crippen LogP contribution in [0.4, 0.5) is 4.39 Å². The summed E-state index contributed by atoms with van der Waals surface area (Å²) in [5.41, 5.74) is -1.48. The summed E-state index contributed by atoms with van der Waals surface area (Å²) >= 11 is 0. The summed E-state index contributed by atoms with van der Waals surface area (Å²) in [7, 11) is 0. The Hall–Kier alpha value is -0.680. The number of amides is 1. The van der Waals surface area contributed by atoms with Crippen molar-refractivity contribution in [3.05, 3.63) is 0 Å². The van der Waals surface area contributed by atoms with Crippen molar-refractivity contribution >= 4 is 5.91 Å². The van der Waals surface area contributed by atoms with Gasteiger partial charge in [0.2, 0.25) is 5.91 Å². The SMILES string of the molecule is CC[C@@H]1CN(C(=O)C23C[C@H]4C[C@@H](CC(F)(C4)C2)C3)CCN1C[C@H](C)O. The van der Waals surface area contributed by atoms with Crippen LogP contribution in [0.3, 0.4) is 0 Å². The predicted octanol–water partition coefficient (Wildman–Crippen LogP) is 2.60. The number of β-amino-alcohol motifs (C(OH)–C–C–N with tert-alkyl or cyclic N) is 1. The molecular formula is C20H33FN2O2. The van der Waals surface area contributed by atoms with E-state index in [1.54, 1.807) is 0 Å². The molecule has 1 amide bonds. The number of aliphatic hydroxyl groups excluding tert-OH is 1. The molecule has 0 unspecified atom stereocenters. The van der Waals surface area contributed by atoms with Gasteiger partial charge in [0.25, 0.3) is 0 Å². The summed E-state index contributed by atoms with van der Waals surface area (Å²) in [6.07, 6.45) is 5.46. The lowest BCUT2D eigenvalue weighted by Crippen LogP contribution is -2.63. The van der Waals surface area contributed by atoms with E-state index in [4.69, 9.17) is 0 Å². The van der Waals surface area contributed by atoms with Gasteiger partial charge in [0, 0.05) is 32.2 Å². The zero-order valence-corrected chi connectivity index (χ0v) is 15.7. The Balaban J connectivity index is 1.48. The highest BCUT2D eigenvalue weighted by atomic mass is 19.1. The van der Waals surface area contributed by atoms with Crippen LogP contribution in [0.25, 0.3) is 0 Å². The predicted molar refractivity (Wildman–Crippen MR) is 94.9 cm³/mol. The fraction of sp³-hybridized carbons (Fsp3) is 0.950. The summed E-state index contributed by atoms with van der Waals surface area (Å²) in [4.78, 5) is 17.8. The largest absolute Gasteiger partial charge is 0.392 e. The molecule has 0 aromatic heterocycles. The minimum Gasteiger partial charge on any atom is -0.392 e. The van der Waals surface area contributed by atoms with Crippen LogP contribution in [-0.4, -0.2) is 64.8 Å². The van der Waals surface area contributed by atoms with Gasteiger partial charge in [-0.1, -0.05) is 6.92 Å². The fourth-order valence-corrected chi connectivity index (χ4v) is 6.78. The highest BCUT2D eigenvalue weighted by Gasteiger charge is 2.62. The summed E-state index contributed by atoms with van der Waals surface area (Å²) in [5.74, 6) is 1.08. The Morgan fingerprint density at radius 2 is 1.92 bits per heavy atom. The van der Waals surface area contributed by atoms with E-state index in [0.717, 1.165) is 45.3 Å². The quantitative estimate of drug-likeness (QED) is 0.846. The van der Waals surface area contributed by atoms with Crippen molar-refractivity contribution in [1.29, 1.82) is 0 Å². The van der Waals surface area contributed by atoms with Gasteiger partial charge in [-0.2, -0.15) is 0 Å². The molecule has 5 heteroatoms. The van der Waals surface area contributed by atoms with Crippen LogP contribution in [0, 0.1) is 17.3 Å². The van der Waals surface area contributed by atoms with Gasteiger partial charge in [-0.25, -0.2) is 4.39 Å². The van der Waals surface area contributed by atoms with Gasteiger partial charge in [-0.15, -0.1) is 0 Å². The lowest BCUT2D eigenvalue weighted by molar-refractivity contribution is -0.173. The fourth-order valence-electron chi connectivity index (χ4n) is 6.78. The number of carbonyl (C=O) groups excluding carboxylic acids is 1. The Bertz CT molecular complexity index is 524. The normalized spacial score (nSPS) is 45.0. The Labute approximate surface area is 150 Å². The monoisotopic (exact) mass is 352 g/mol. The van der Waals surface area contributed by atoms with Crippen LogP contribution < -0.4 is 0 Å². The molecule has 5 fully saturated rings. The van der Waals surface area contributed by atoms with Crippen molar-refractivity contribution in [3.8, 4) is 0 Å². The molecule has 1 N–H and O–H groups in total. The van der Waals surface area contributed by atoms with E-state index in [1.165, 1.54) is 0 Å². The number of piperazine rings is 1. The molecule has 5 rings (SSSR count). The minimum atomic E-state index is -1.07. The topological polar surface area (TPSA) is 43.8 Å². The highest BCUT2D eigenvalue weighted by Crippen LogP contribution is 2.63. The number of nitrogens with zero attached hydrogens (tertiary/aromatic N) is 2. The van der Waals surface area contributed by atoms with E-state index >= 15 is 4.39 Å². The molecule has 0 spiro atoms. The number of hydrogen-bond donors (Lipinski definition) is 1. The molecule has 25 heavy (non-hydrogen) atoms. The Kier molecular flexibility index (Phi) is 4.39. The van der Waals surface area contributed by atoms with E-state index in [1.807, 2.05) is 11.8 Å². The minimum absolute atomic E-state index is 0.235. The van der Waals surface area contributed by atoms with E-state index in [2.05, 4.69) is 11.8 Å². The second-order valence-corrected chi connectivity index (χ2v) is 9.55. The molecular weight excluding hydrogens is 319 g/mol. The van der Waals surface area contributed by atoms with Crippen LogP contribution in [0.2, 0.25) is 0 Å². The van der Waals surface area contributed by atoms with E-state index in [9.17, 15) is 9.90 Å². The highest BCUT2D eigenvalue weighted by molar-refractivity contribution is 5.83. The maximum atomic E-state index is 15.2. The molecule has 4 saturated carbocycles. The van der Waals surface area contributed by atoms with E-state index in [0.29, 0.717) is 43.7 Å². The van der Waals surface area contributed by atoms with Gasteiger partial charge in [0.1, 0.15) is 5.67 Å². The van der Waals surface area contributed by atoms with Gasteiger partial charge in [0.15, 0.2) is 0 Å². The van der Waals surface area contributed by atoms with Crippen LogP contribution in [0.5, 0.6) is 0 Å². The van der Waals surface area contributed by atoms with Crippen molar-refractivity contribution < 1.29 is 14.3 Å². The first-order valence-electron chi connectivity index (χ1n) is 10.2. The smallest absolute Gasteiger partial charge is 0.229 e. The van der Waals surface area contributed by atoms with Gasteiger partial charge in [-0.3, -0.25) is 9.69 Å². The second kappa shape index (κ2) is 6.19. The van der Waals surface area contributed by atoms with Gasteiger partial charge < -0.3 is 10.0 Å². The number of hydrogen-bond acceptors (Lipinski definition) is 3. The molecule has 4 aliphatic carbocycles. The molecule has 5 aliphatic rings. The summed E-state index contributed by atoms with van der Waals surface area (Å²) in [6.45, 7) is 6.91. The molecule has 142 valence electrons. The summed E-state index contributed by atoms with van der Waals surface area (Å²) in [5, 5.41) is 9.71. The third kappa shape index (κ3) is 3.12. The number of carbonyl (C=O) groups is 1. The number of alkyl halides is 1. The van der Waals surface area contributed by atoms with Crippen LogP contribution >= 0.6 is 0 Å². The maximum absolute atomic E-state index is 15.2. The zero-order valence-electron chi connectivity index (χ0n) is 15.7. The molecule has 0 radical (unpaired) electrons. The summed E-state index contributed by atoms with van der Waals surface area (Å²) in [6, 6.07) is 0.306. The second-order valence-electron chi connectivity index (χ2n) is 9.55. The molecule has 1 aliphatic heterocycles. The third-order valence-electron chi connectivity index (χ3n) is 7.31. The first-order chi connectivity index (χ1) is 11.8. The van der Waals surface area contributed by atoms with Gasteiger partial charge >= 0.3 is 0 Å².